The molecule has 0 fully saturated rings. The lowest BCUT2D eigenvalue weighted by atomic mass is 9.77. The number of carboxylic acid groups (broad SMARTS) is 1. The molecule has 0 bridgehead atoms. The van der Waals surface area contributed by atoms with Crippen molar-refractivity contribution >= 4 is 5.97 Å². The van der Waals surface area contributed by atoms with E-state index in [-0.39, 0.29) is 5.92 Å². The zero-order chi connectivity index (χ0) is 14.6. The van der Waals surface area contributed by atoms with Crippen LogP contribution in [0, 0.1) is 11.8 Å². The van der Waals surface area contributed by atoms with E-state index in [0.717, 1.165) is 11.3 Å². The van der Waals surface area contributed by atoms with Crippen molar-refractivity contribution in [3.63, 3.8) is 0 Å². The fourth-order valence-electron chi connectivity index (χ4n) is 2.54. The van der Waals surface area contributed by atoms with Crippen molar-refractivity contribution in [2.75, 3.05) is 7.11 Å². The zero-order valence-corrected chi connectivity index (χ0v) is 11.9. The average Bonchev–Trinajstić information content (AvgIpc) is 2.27. The summed E-state index contributed by atoms with van der Waals surface area (Å²) in [5, 5.41) is 19.7. The lowest BCUT2D eigenvalue weighted by molar-refractivity contribution is -0.154. The molecule has 106 valence electrons. The molecule has 0 heterocycles. The Kier molecular flexibility index (Phi) is 4.95. The maximum Gasteiger partial charge on any atom is 0.309 e. The number of methoxy groups -OCH3 is 1. The SMILES string of the molecule is COc1ccc(CC(C)(O)C(C(=O)O)C(C)C)cc1. The highest BCUT2D eigenvalue weighted by Gasteiger charge is 2.39. The van der Waals surface area contributed by atoms with E-state index in [2.05, 4.69) is 0 Å². The van der Waals surface area contributed by atoms with E-state index in [1.807, 2.05) is 12.1 Å². The first kappa shape index (κ1) is 15.5. The molecule has 0 aromatic heterocycles. The first-order valence-electron chi connectivity index (χ1n) is 6.36. The molecule has 0 saturated heterocycles. The molecule has 19 heavy (non-hydrogen) atoms. The minimum Gasteiger partial charge on any atom is -0.497 e. The van der Waals surface area contributed by atoms with Gasteiger partial charge in [0.15, 0.2) is 0 Å². The molecule has 0 aliphatic heterocycles. The van der Waals surface area contributed by atoms with E-state index < -0.39 is 17.5 Å². The van der Waals surface area contributed by atoms with Crippen molar-refractivity contribution in [3.05, 3.63) is 29.8 Å². The predicted molar refractivity (Wildman–Crippen MR) is 73.3 cm³/mol. The topological polar surface area (TPSA) is 66.8 Å². The normalized spacial score (nSPS) is 15.9. The fraction of sp³-hybridized carbons (Fsp3) is 0.533. The molecule has 0 aliphatic carbocycles. The monoisotopic (exact) mass is 266 g/mol. The van der Waals surface area contributed by atoms with Gasteiger partial charge in [-0.3, -0.25) is 4.79 Å². The second-order valence-corrected chi connectivity index (χ2v) is 5.44. The first-order valence-corrected chi connectivity index (χ1v) is 6.36. The van der Waals surface area contributed by atoms with E-state index in [1.54, 1.807) is 40.0 Å². The number of benzene rings is 1. The number of aliphatic carboxylic acids is 1. The van der Waals surface area contributed by atoms with E-state index in [1.165, 1.54) is 0 Å². The summed E-state index contributed by atoms with van der Waals surface area (Å²) in [5.74, 6) is -1.16. The van der Waals surface area contributed by atoms with Gasteiger partial charge in [-0.25, -0.2) is 0 Å². The third-order valence-electron chi connectivity index (χ3n) is 3.32. The van der Waals surface area contributed by atoms with Crippen molar-refractivity contribution in [2.45, 2.75) is 32.8 Å². The van der Waals surface area contributed by atoms with Gasteiger partial charge in [0.2, 0.25) is 0 Å². The number of rotatable bonds is 6. The summed E-state index contributed by atoms with van der Waals surface area (Å²) in [6.07, 6.45) is 0.298. The Hall–Kier alpha value is -1.55. The smallest absolute Gasteiger partial charge is 0.309 e. The highest BCUT2D eigenvalue weighted by Crippen LogP contribution is 2.29. The van der Waals surface area contributed by atoms with Crippen molar-refractivity contribution in [1.29, 1.82) is 0 Å². The molecule has 1 aromatic rings. The molecular weight excluding hydrogens is 244 g/mol. The Bertz CT molecular complexity index is 420. The summed E-state index contributed by atoms with van der Waals surface area (Å²) >= 11 is 0. The van der Waals surface area contributed by atoms with E-state index in [0.29, 0.717) is 6.42 Å². The van der Waals surface area contributed by atoms with Gasteiger partial charge in [0.05, 0.1) is 18.6 Å². The summed E-state index contributed by atoms with van der Waals surface area (Å²) in [6.45, 7) is 5.19. The number of carbonyl (C=O) groups is 1. The van der Waals surface area contributed by atoms with Crippen molar-refractivity contribution < 1.29 is 19.7 Å². The Balaban J connectivity index is 2.90. The maximum absolute atomic E-state index is 11.3. The molecule has 2 atom stereocenters. The molecular formula is C15H22O4. The number of hydrogen-bond donors (Lipinski definition) is 2. The second-order valence-electron chi connectivity index (χ2n) is 5.44. The third-order valence-corrected chi connectivity index (χ3v) is 3.32. The molecule has 2 unspecified atom stereocenters. The number of aliphatic hydroxyl groups is 1. The molecule has 2 N–H and O–H groups in total. The van der Waals surface area contributed by atoms with Crippen LogP contribution in [0.1, 0.15) is 26.3 Å². The fourth-order valence-corrected chi connectivity index (χ4v) is 2.54. The van der Waals surface area contributed by atoms with Crippen LogP contribution < -0.4 is 4.74 Å². The van der Waals surface area contributed by atoms with Crippen LogP contribution in [-0.4, -0.2) is 28.9 Å². The summed E-state index contributed by atoms with van der Waals surface area (Å²) < 4.78 is 5.07. The maximum atomic E-state index is 11.3. The van der Waals surface area contributed by atoms with Crippen molar-refractivity contribution in [2.24, 2.45) is 11.8 Å². The average molecular weight is 266 g/mol. The van der Waals surface area contributed by atoms with Crippen molar-refractivity contribution in [1.82, 2.24) is 0 Å². The highest BCUT2D eigenvalue weighted by molar-refractivity contribution is 5.71. The van der Waals surface area contributed by atoms with E-state index in [4.69, 9.17) is 4.74 Å². The Morgan fingerprint density at radius 2 is 1.84 bits per heavy atom. The lowest BCUT2D eigenvalue weighted by Gasteiger charge is -2.32. The van der Waals surface area contributed by atoms with Crippen molar-refractivity contribution in [3.8, 4) is 5.75 Å². The van der Waals surface area contributed by atoms with Gasteiger partial charge in [-0.05, 0) is 30.5 Å². The predicted octanol–water partition coefficient (Wildman–Crippen LogP) is 2.35. The van der Waals surface area contributed by atoms with Crippen LogP contribution in [0.15, 0.2) is 24.3 Å². The largest absolute Gasteiger partial charge is 0.497 e. The third kappa shape index (κ3) is 3.96. The number of carboxylic acids is 1. The minimum atomic E-state index is -1.28. The summed E-state index contributed by atoms with van der Waals surface area (Å²) in [5.41, 5.74) is -0.396. The quantitative estimate of drug-likeness (QED) is 0.829. The van der Waals surface area contributed by atoms with Gasteiger partial charge in [-0.15, -0.1) is 0 Å². The lowest BCUT2D eigenvalue weighted by Crippen LogP contribution is -2.44. The van der Waals surface area contributed by atoms with Crippen LogP contribution in [0.25, 0.3) is 0 Å². The molecule has 0 amide bonds. The van der Waals surface area contributed by atoms with Gasteiger partial charge in [-0.1, -0.05) is 26.0 Å². The Labute approximate surface area is 114 Å². The van der Waals surface area contributed by atoms with Gasteiger partial charge in [0.25, 0.3) is 0 Å². The molecule has 4 nitrogen and oxygen atoms in total. The molecule has 1 aromatic carbocycles. The van der Waals surface area contributed by atoms with Gasteiger partial charge in [0.1, 0.15) is 5.75 Å². The van der Waals surface area contributed by atoms with Crippen LogP contribution in [0.2, 0.25) is 0 Å². The highest BCUT2D eigenvalue weighted by atomic mass is 16.5. The molecule has 4 heteroatoms. The molecule has 0 spiro atoms. The van der Waals surface area contributed by atoms with Crippen LogP contribution >= 0.6 is 0 Å². The van der Waals surface area contributed by atoms with Gasteiger partial charge in [0, 0.05) is 6.42 Å². The van der Waals surface area contributed by atoms with Crippen LogP contribution in [0.3, 0.4) is 0 Å². The standard InChI is InChI=1S/C15H22O4/c1-10(2)13(14(16)17)15(3,18)9-11-5-7-12(19-4)8-6-11/h5-8,10,13,18H,9H2,1-4H3,(H,16,17). The van der Waals surface area contributed by atoms with Crippen LogP contribution in [-0.2, 0) is 11.2 Å². The molecule has 0 aliphatic rings. The summed E-state index contributed by atoms with van der Waals surface area (Å²) in [7, 11) is 1.59. The first-order chi connectivity index (χ1) is 8.77. The summed E-state index contributed by atoms with van der Waals surface area (Å²) in [4.78, 5) is 11.3. The minimum absolute atomic E-state index is 0.134. The van der Waals surface area contributed by atoms with Gasteiger partial charge >= 0.3 is 5.97 Å². The second kappa shape index (κ2) is 6.06. The van der Waals surface area contributed by atoms with E-state index >= 15 is 0 Å². The Morgan fingerprint density at radius 3 is 2.21 bits per heavy atom. The Morgan fingerprint density at radius 1 is 1.32 bits per heavy atom. The summed E-state index contributed by atoms with van der Waals surface area (Å²) in [6, 6.07) is 7.28. The zero-order valence-electron chi connectivity index (χ0n) is 11.9. The van der Waals surface area contributed by atoms with Gasteiger partial charge < -0.3 is 14.9 Å². The molecule has 1 rings (SSSR count). The molecule has 0 saturated carbocycles. The van der Waals surface area contributed by atoms with E-state index in [9.17, 15) is 15.0 Å². The van der Waals surface area contributed by atoms with Crippen LogP contribution in [0.5, 0.6) is 5.75 Å². The van der Waals surface area contributed by atoms with Gasteiger partial charge in [-0.2, -0.15) is 0 Å². The molecule has 0 radical (unpaired) electrons. The number of ether oxygens (including phenoxy) is 1. The number of hydrogen-bond acceptors (Lipinski definition) is 3. The van der Waals surface area contributed by atoms with Crippen LogP contribution in [0.4, 0.5) is 0 Å².